The van der Waals surface area contributed by atoms with Crippen molar-refractivity contribution in [3.63, 3.8) is 0 Å². The average molecular weight is 375 g/mol. The number of ketones is 1. The molecule has 5 heteroatoms. The van der Waals surface area contributed by atoms with Gasteiger partial charge in [-0.05, 0) is 36.4 Å². The van der Waals surface area contributed by atoms with Crippen molar-refractivity contribution in [3.05, 3.63) is 95.6 Å². The molecular formula is C23H21NO4. The third-order valence-electron chi connectivity index (χ3n) is 4.16. The summed E-state index contributed by atoms with van der Waals surface area (Å²) in [6.07, 6.45) is 0. The highest BCUT2D eigenvalue weighted by molar-refractivity contribution is 6.09. The first kappa shape index (κ1) is 19.2. The van der Waals surface area contributed by atoms with E-state index in [1.54, 1.807) is 43.5 Å². The fourth-order valence-corrected chi connectivity index (χ4v) is 2.64. The lowest BCUT2D eigenvalue weighted by Gasteiger charge is -2.09. The van der Waals surface area contributed by atoms with Gasteiger partial charge in [-0.15, -0.1) is 0 Å². The van der Waals surface area contributed by atoms with Gasteiger partial charge in [0, 0.05) is 16.7 Å². The molecule has 0 saturated carbocycles. The minimum Gasteiger partial charge on any atom is -0.497 e. The summed E-state index contributed by atoms with van der Waals surface area (Å²) in [6, 6.07) is 22.9. The van der Waals surface area contributed by atoms with Crippen molar-refractivity contribution >= 4 is 11.7 Å². The first-order chi connectivity index (χ1) is 13.7. The van der Waals surface area contributed by atoms with Crippen molar-refractivity contribution < 1.29 is 19.1 Å². The second-order valence-corrected chi connectivity index (χ2v) is 6.05. The van der Waals surface area contributed by atoms with E-state index in [0.29, 0.717) is 35.6 Å². The van der Waals surface area contributed by atoms with Gasteiger partial charge in [-0.1, -0.05) is 42.5 Å². The summed E-state index contributed by atoms with van der Waals surface area (Å²) in [7, 11) is 1.61. The summed E-state index contributed by atoms with van der Waals surface area (Å²) in [5, 5.41) is 2.80. The molecule has 0 radical (unpaired) electrons. The lowest BCUT2D eigenvalue weighted by atomic mass is 10.0. The first-order valence-electron chi connectivity index (χ1n) is 8.92. The highest BCUT2D eigenvalue weighted by atomic mass is 16.5. The van der Waals surface area contributed by atoms with Gasteiger partial charge in [0.25, 0.3) is 5.91 Å². The van der Waals surface area contributed by atoms with Crippen LogP contribution in [0.2, 0.25) is 0 Å². The van der Waals surface area contributed by atoms with E-state index in [2.05, 4.69) is 5.32 Å². The largest absolute Gasteiger partial charge is 0.497 e. The number of benzene rings is 3. The van der Waals surface area contributed by atoms with Crippen molar-refractivity contribution in [1.82, 2.24) is 5.32 Å². The Balaban J connectivity index is 1.48. The number of carbonyl (C=O) groups is 2. The highest BCUT2D eigenvalue weighted by Crippen LogP contribution is 2.16. The number of hydrogen-bond donors (Lipinski definition) is 1. The topological polar surface area (TPSA) is 64.6 Å². The van der Waals surface area contributed by atoms with Gasteiger partial charge in [0.05, 0.1) is 13.7 Å². The summed E-state index contributed by atoms with van der Waals surface area (Å²) in [5.41, 5.74) is 1.66. The Morgan fingerprint density at radius 1 is 0.750 bits per heavy atom. The quantitative estimate of drug-likeness (QED) is 0.481. The van der Waals surface area contributed by atoms with Crippen LogP contribution in [0.3, 0.4) is 0 Å². The van der Waals surface area contributed by atoms with Gasteiger partial charge >= 0.3 is 0 Å². The van der Waals surface area contributed by atoms with Crippen molar-refractivity contribution in [1.29, 1.82) is 0 Å². The monoisotopic (exact) mass is 375 g/mol. The maximum absolute atomic E-state index is 12.4. The van der Waals surface area contributed by atoms with E-state index < -0.39 is 0 Å². The Bertz CT molecular complexity index is 919. The van der Waals surface area contributed by atoms with Crippen LogP contribution < -0.4 is 14.8 Å². The average Bonchev–Trinajstić information content (AvgIpc) is 2.77. The molecule has 0 unspecified atom stereocenters. The molecule has 0 heterocycles. The molecule has 28 heavy (non-hydrogen) atoms. The molecule has 0 aliphatic carbocycles. The Labute approximate surface area is 163 Å². The zero-order valence-electron chi connectivity index (χ0n) is 15.6. The molecule has 3 aromatic carbocycles. The van der Waals surface area contributed by atoms with Crippen molar-refractivity contribution in [3.8, 4) is 11.5 Å². The molecule has 5 nitrogen and oxygen atoms in total. The van der Waals surface area contributed by atoms with E-state index in [9.17, 15) is 9.59 Å². The van der Waals surface area contributed by atoms with Crippen LogP contribution in [0.1, 0.15) is 26.3 Å². The lowest BCUT2D eigenvalue weighted by molar-refractivity contribution is 0.0945. The van der Waals surface area contributed by atoms with E-state index in [4.69, 9.17) is 9.47 Å². The summed E-state index contributed by atoms with van der Waals surface area (Å²) in [5.74, 6) is 1.19. The Morgan fingerprint density at radius 2 is 1.32 bits per heavy atom. The van der Waals surface area contributed by atoms with Crippen LogP contribution in [0.25, 0.3) is 0 Å². The van der Waals surface area contributed by atoms with Crippen LogP contribution in [0.5, 0.6) is 11.5 Å². The maximum Gasteiger partial charge on any atom is 0.251 e. The fraction of sp³-hybridized carbons (Fsp3) is 0.130. The second kappa shape index (κ2) is 9.37. The number of ether oxygens (including phenoxy) is 2. The second-order valence-electron chi connectivity index (χ2n) is 6.05. The number of methoxy groups -OCH3 is 1. The third kappa shape index (κ3) is 4.98. The molecule has 0 aliphatic rings. The molecule has 0 saturated heterocycles. The van der Waals surface area contributed by atoms with E-state index in [1.165, 1.54) is 0 Å². The van der Waals surface area contributed by atoms with Gasteiger partial charge in [0.15, 0.2) is 5.78 Å². The summed E-state index contributed by atoms with van der Waals surface area (Å²) < 4.78 is 10.7. The molecule has 3 rings (SSSR count). The Kier molecular flexibility index (Phi) is 6.41. The van der Waals surface area contributed by atoms with Gasteiger partial charge in [0.2, 0.25) is 0 Å². The molecule has 0 bridgehead atoms. The fourth-order valence-electron chi connectivity index (χ4n) is 2.64. The van der Waals surface area contributed by atoms with Gasteiger partial charge in [-0.2, -0.15) is 0 Å². The SMILES string of the molecule is COc1ccc(OCCNC(=O)c2ccc(C(=O)c3ccccc3)cc2)cc1. The zero-order chi connectivity index (χ0) is 19.8. The number of amides is 1. The number of nitrogens with one attached hydrogen (secondary N) is 1. The van der Waals surface area contributed by atoms with Crippen LogP contribution in [0, 0.1) is 0 Å². The Morgan fingerprint density at radius 3 is 1.96 bits per heavy atom. The number of carbonyl (C=O) groups excluding carboxylic acids is 2. The van der Waals surface area contributed by atoms with Crippen LogP contribution in [0.15, 0.2) is 78.9 Å². The van der Waals surface area contributed by atoms with Gasteiger partial charge in [-0.3, -0.25) is 9.59 Å². The van der Waals surface area contributed by atoms with E-state index in [0.717, 1.165) is 5.75 Å². The minimum atomic E-state index is -0.211. The Hall–Kier alpha value is -3.60. The van der Waals surface area contributed by atoms with Crippen molar-refractivity contribution in [2.24, 2.45) is 0 Å². The number of rotatable bonds is 8. The molecule has 0 aromatic heterocycles. The summed E-state index contributed by atoms with van der Waals surface area (Å²) in [6.45, 7) is 0.720. The molecular weight excluding hydrogens is 354 g/mol. The molecule has 142 valence electrons. The highest BCUT2D eigenvalue weighted by Gasteiger charge is 2.10. The molecule has 3 aromatic rings. The molecule has 0 aliphatic heterocycles. The molecule has 1 N–H and O–H groups in total. The van der Waals surface area contributed by atoms with Crippen LogP contribution >= 0.6 is 0 Å². The van der Waals surface area contributed by atoms with Gasteiger partial charge in [-0.25, -0.2) is 0 Å². The molecule has 0 fully saturated rings. The van der Waals surface area contributed by atoms with Crippen LogP contribution in [0.4, 0.5) is 0 Å². The normalized spacial score (nSPS) is 10.2. The maximum atomic E-state index is 12.4. The van der Waals surface area contributed by atoms with Crippen molar-refractivity contribution in [2.45, 2.75) is 0 Å². The van der Waals surface area contributed by atoms with Gasteiger partial charge in [0.1, 0.15) is 18.1 Å². The van der Waals surface area contributed by atoms with Crippen LogP contribution in [-0.2, 0) is 0 Å². The molecule has 0 atom stereocenters. The summed E-state index contributed by atoms with van der Waals surface area (Å²) >= 11 is 0. The standard InChI is InChI=1S/C23H21NO4/c1-27-20-11-13-21(14-12-20)28-16-15-24-23(26)19-9-7-18(8-10-19)22(25)17-5-3-2-4-6-17/h2-14H,15-16H2,1H3,(H,24,26). The minimum absolute atomic E-state index is 0.0690. The van der Waals surface area contributed by atoms with Crippen LogP contribution in [-0.4, -0.2) is 32.0 Å². The van der Waals surface area contributed by atoms with Crippen molar-refractivity contribution in [2.75, 3.05) is 20.3 Å². The first-order valence-corrected chi connectivity index (χ1v) is 8.92. The third-order valence-corrected chi connectivity index (χ3v) is 4.16. The number of hydrogen-bond acceptors (Lipinski definition) is 4. The predicted molar refractivity (Wildman–Crippen MR) is 107 cm³/mol. The van der Waals surface area contributed by atoms with E-state index in [-0.39, 0.29) is 11.7 Å². The van der Waals surface area contributed by atoms with Gasteiger partial charge < -0.3 is 14.8 Å². The lowest BCUT2D eigenvalue weighted by Crippen LogP contribution is -2.28. The summed E-state index contributed by atoms with van der Waals surface area (Å²) in [4.78, 5) is 24.6. The zero-order valence-corrected chi connectivity index (χ0v) is 15.6. The smallest absolute Gasteiger partial charge is 0.251 e. The molecule has 1 amide bonds. The molecule has 0 spiro atoms. The van der Waals surface area contributed by atoms with E-state index >= 15 is 0 Å². The predicted octanol–water partition coefficient (Wildman–Crippen LogP) is 3.74. The van der Waals surface area contributed by atoms with E-state index in [1.807, 2.05) is 42.5 Å².